The summed E-state index contributed by atoms with van der Waals surface area (Å²) >= 11 is 5.16. The second-order valence-corrected chi connectivity index (χ2v) is 5.85. The average molecular weight is 348 g/mol. The third-order valence-corrected chi connectivity index (χ3v) is 3.73. The van der Waals surface area contributed by atoms with Crippen molar-refractivity contribution in [2.75, 3.05) is 13.2 Å². The molecule has 0 amide bonds. The van der Waals surface area contributed by atoms with Crippen LogP contribution in [0.1, 0.15) is 30.9 Å². The summed E-state index contributed by atoms with van der Waals surface area (Å²) < 4.78 is 1.46. The van der Waals surface area contributed by atoms with Crippen molar-refractivity contribution in [2.24, 2.45) is 5.10 Å². The maximum Gasteiger partial charge on any atom is 0.264 e. The Hall–Kier alpha value is -2.45. The first-order valence-corrected chi connectivity index (χ1v) is 7.92. The number of aliphatic hydroxyl groups is 1. The molecule has 24 heavy (non-hydrogen) atoms. The van der Waals surface area contributed by atoms with Crippen LogP contribution in [0.15, 0.2) is 34.2 Å². The molecule has 0 aliphatic heterocycles. The van der Waals surface area contributed by atoms with E-state index in [1.54, 1.807) is 0 Å². The normalized spacial score (nSPS) is 11.3. The van der Waals surface area contributed by atoms with Gasteiger partial charge in [0.1, 0.15) is 5.56 Å². The van der Waals surface area contributed by atoms with Gasteiger partial charge in [-0.1, -0.05) is 26.0 Å². The first kappa shape index (κ1) is 17.9. The Morgan fingerprint density at radius 3 is 2.62 bits per heavy atom. The molecule has 128 valence electrons. The Morgan fingerprint density at radius 1 is 1.38 bits per heavy atom. The Bertz CT molecular complexity index is 838. The quantitative estimate of drug-likeness (QED) is 0.275. The van der Waals surface area contributed by atoms with E-state index in [0.717, 1.165) is 5.56 Å². The van der Waals surface area contributed by atoms with Crippen LogP contribution in [0.25, 0.3) is 5.69 Å². The van der Waals surface area contributed by atoms with Crippen LogP contribution < -0.4 is 11.0 Å². The third kappa shape index (κ3) is 3.90. The van der Waals surface area contributed by atoms with Gasteiger partial charge in [-0.15, -0.1) is 0 Å². The highest BCUT2D eigenvalue weighted by Gasteiger charge is 2.12. The molecule has 0 aliphatic carbocycles. The molecule has 2 aromatic rings. The number of nitrogens with one attached hydrogen (secondary N) is 2. The van der Waals surface area contributed by atoms with E-state index < -0.39 is 5.56 Å². The van der Waals surface area contributed by atoms with E-state index in [1.165, 1.54) is 10.8 Å². The van der Waals surface area contributed by atoms with Crippen molar-refractivity contribution >= 4 is 18.4 Å². The van der Waals surface area contributed by atoms with Crippen LogP contribution in [-0.4, -0.2) is 39.1 Å². The van der Waals surface area contributed by atoms with Gasteiger partial charge < -0.3 is 15.6 Å². The lowest BCUT2D eigenvalue weighted by molar-refractivity contribution is 0.294. The van der Waals surface area contributed by atoms with Gasteiger partial charge in [-0.2, -0.15) is 5.10 Å². The Kier molecular flexibility index (Phi) is 5.88. The fourth-order valence-electron chi connectivity index (χ4n) is 2.13. The van der Waals surface area contributed by atoms with Crippen molar-refractivity contribution in [3.05, 3.63) is 50.5 Å². The number of rotatable bonds is 6. The van der Waals surface area contributed by atoms with Gasteiger partial charge in [0.05, 0.1) is 25.1 Å². The summed E-state index contributed by atoms with van der Waals surface area (Å²) in [6, 6.07) is 7.55. The van der Waals surface area contributed by atoms with Crippen molar-refractivity contribution in [1.82, 2.24) is 15.0 Å². The Labute approximate surface area is 144 Å². The monoisotopic (exact) mass is 348 g/mol. The fourth-order valence-corrected chi connectivity index (χ4v) is 2.41. The number of aromatic hydroxyl groups is 1. The number of aliphatic hydroxyl groups excluding tert-OH is 1. The molecule has 2 rings (SSSR count). The molecular weight excluding hydrogens is 328 g/mol. The smallest absolute Gasteiger partial charge is 0.264 e. The number of benzene rings is 1. The van der Waals surface area contributed by atoms with Crippen molar-refractivity contribution in [3.8, 4) is 11.6 Å². The molecule has 1 aromatic heterocycles. The number of nitrogens with zero attached hydrogens (tertiary/aromatic N) is 2. The molecule has 1 aromatic carbocycles. The van der Waals surface area contributed by atoms with Crippen molar-refractivity contribution in [3.63, 3.8) is 0 Å². The maximum atomic E-state index is 12.0. The Balaban J connectivity index is 2.48. The number of hydrogen-bond donors (Lipinski definition) is 4. The van der Waals surface area contributed by atoms with Crippen molar-refractivity contribution < 1.29 is 10.2 Å². The summed E-state index contributed by atoms with van der Waals surface area (Å²) in [4.78, 5) is 14.5. The largest absolute Gasteiger partial charge is 0.494 e. The summed E-state index contributed by atoms with van der Waals surface area (Å²) in [7, 11) is 0. The summed E-state index contributed by atoms with van der Waals surface area (Å²) in [5.41, 5.74) is 3.78. The number of aromatic amines is 1. The SMILES string of the molecule is CC(C)c1ccc(-n2c(O)c(C=NNCCO)c(=O)[nH]c2=S)cc1. The van der Waals surface area contributed by atoms with E-state index in [-0.39, 0.29) is 29.4 Å². The molecule has 1 heterocycles. The first-order chi connectivity index (χ1) is 11.5. The van der Waals surface area contributed by atoms with Gasteiger partial charge in [0, 0.05) is 0 Å². The highest BCUT2D eigenvalue weighted by atomic mass is 32.1. The Morgan fingerprint density at radius 2 is 2.04 bits per heavy atom. The molecular formula is C16H20N4O3S. The van der Waals surface area contributed by atoms with E-state index in [1.807, 2.05) is 24.3 Å². The zero-order valence-corrected chi connectivity index (χ0v) is 14.3. The lowest BCUT2D eigenvalue weighted by Crippen LogP contribution is -2.19. The lowest BCUT2D eigenvalue weighted by Gasteiger charge is -2.12. The zero-order chi connectivity index (χ0) is 17.7. The van der Waals surface area contributed by atoms with Crippen LogP contribution in [0.5, 0.6) is 5.88 Å². The predicted molar refractivity (Wildman–Crippen MR) is 95.7 cm³/mol. The second kappa shape index (κ2) is 7.89. The summed E-state index contributed by atoms with van der Waals surface area (Å²) in [6.45, 7) is 4.33. The molecule has 0 bridgehead atoms. The van der Waals surface area contributed by atoms with E-state index >= 15 is 0 Å². The predicted octanol–water partition coefficient (Wildman–Crippen LogP) is 1.64. The van der Waals surface area contributed by atoms with Gasteiger partial charge in [-0.25, -0.2) is 0 Å². The van der Waals surface area contributed by atoms with Gasteiger partial charge in [-0.3, -0.25) is 14.3 Å². The molecule has 0 saturated carbocycles. The molecule has 0 fully saturated rings. The molecule has 7 nitrogen and oxygen atoms in total. The number of aromatic nitrogens is 2. The highest BCUT2D eigenvalue weighted by Crippen LogP contribution is 2.21. The molecule has 0 spiro atoms. The van der Waals surface area contributed by atoms with Crippen LogP contribution in [0.3, 0.4) is 0 Å². The summed E-state index contributed by atoms with van der Waals surface area (Å²) in [5, 5.41) is 22.9. The first-order valence-electron chi connectivity index (χ1n) is 7.51. The third-order valence-electron chi connectivity index (χ3n) is 3.45. The van der Waals surface area contributed by atoms with Gasteiger partial charge >= 0.3 is 0 Å². The maximum absolute atomic E-state index is 12.0. The minimum atomic E-state index is -0.540. The van der Waals surface area contributed by atoms with Crippen molar-refractivity contribution in [2.45, 2.75) is 19.8 Å². The molecule has 4 N–H and O–H groups in total. The van der Waals surface area contributed by atoms with Gasteiger partial charge in [-0.05, 0) is 35.8 Å². The van der Waals surface area contributed by atoms with E-state index in [9.17, 15) is 9.90 Å². The molecule has 8 heteroatoms. The number of H-pyrrole nitrogens is 1. The zero-order valence-electron chi connectivity index (χ0n) is 13.5. The topological polar surface area (TPSA) is 103 Å². The number of hydrogen-bond acceptors (Lipinski definition) is 6. The highest BCUT2D eigenvalue weighted by molar-refractivity contribution is 7.71. The van der Waals surface area contributed by atoms with E-state index in [0.29, 0.717) is 11.6 Å². The van der Waals surface area contributed by atoms with E-state index in [2.05, 4.69) is 29.4 Å². The average Bonchev–Trinajstić information content (AvgIpc) is 2.54. The minimum absolute atomic E-state index is 0.0259. The summed E-state index contributed by atoms with van der Waals surface area (Å²) in [6.07, 6.45) is 1.19. The van der Waals surface area contributed by atoms with Crippen LogP contribution in [0.2, 0.25) is 0 Å². The van der Waals surface area contributed by atoms with Gasteiger partial charge in [0.25, 0.3) is 5.56 Å². The summed E-state index contributed by atoms with van der Waals surface area (Å²) in [5.74, 6) is 0.0899. The standard InChI is InChI=1S/C16H20N4O3S/c1-10(2)11-3-5-12(6-4-11)20-15(23)13(9-18-17-7-8-21)14(22)19-16(20)24/h3-6,9-10,17,21,23H,7-8H2,1-2H3,(H,19,22,24). The molecule has 0 saturated heterocycles. The van der Waals surface area contributed by atoms with Crippen molar-refractivity contribution in [1.29, 1.82) is 0 Å². The van der Waals surface area contributed by atoms with Crippen LogP contribution in [0.4, 0.5) is 0 Å². The second-order valence-electron chi connectivity index (χ2n) is 5.47. The molecule has 0 atom stereocenters. The van der Waals surface area contributed by atoms with Gasteiger partial charge in [0.2, 0.25) is 5.88 Å². The molecule has 0 radical (unpaired) electrons. The van der Waals surface area contributed by atoms with Crippen LogP contribution in [0, 0.1) is 4.77 Å². The lowest BCUT2D eigenvalue weighted by atomic mass is 10.0. The van der Waals surface area contributed by atoms with E-state index in [4.69, 9.17) is 17.3 Å². The fraction of sp³-hybridized carbons (Fsp3) is 0.312. The van der Waals surface area contributed by atoms with Gasteiger partial charge in [0.15, 0.2) is 4.77 Å². The van der Waals surface area contributed by atoms with Crippen LogP contribution >= 0.6 is 12.2 Å². The molecule has 0 unspecified atom stereocenters. The molecule has 0 aliphatic rings. The minimum Gasteiger partial charge on any atom is -0.494 e. The van der Waals surface area contributed by atoms with Crippen LogP contribution in [-0.2, 0) is 0 Å². The number of hydrazone groups is 1.